The minimum absolute atomic E-state index is 0.0586. The molecular formula is C21H25FN6O3S. The highest BCUT2D eigenvalue weighted by molar-refractivity contribution is 7.99. The Morgan fingerprint density at radius 1 is 1.09 bits per heavy atom. The average molecular weight is 461 g/mol. The molecule has 2 N–H and O–H groups in total. The number of thioether (sulfide) groups is 1. The molecular weight excluding hydrogens is 435 g/mol. The van der Waals surface area contributed by atoms with Gasteiger partial charge in [-0.3, -0.25) is 19.5 Å². The van der Waals surface area contributed by atoms with E-state index in [2.05, 4.69) is 20.8 Å². The maximum atomic E-state index is 13.5. The first-order valence-electron chi connectivity index (χ1n) is 10.7. The molecule has 1 atom stereocenters. The molecule has 9 nitrogen and oxygen atoms in total. The monoisotopic (exact) mass is 460 g/mol. The van der Waals surface area contributed by atoms with Gasteiger partial charge in [0.2, 0.25) is 11.8 Å². The van der Waals surface area contributed by atoms with Crippen molar-refractivity contribution in [3.05, 3.63) is 35.9 Å². The summed E-state index contributed by atoms with van der Waals surface area (Å²) in [6.07, 6.45) is 4.73. The van der Waals surface area contributed by atoms with Gasteiger partial charge in [0.25, 0.3) is 0 Å². The van der Waals surface area contributed by atoms with Crippen molar-refractivity contribution in [2.75, 3.05) is 18.8 Å². The van der Waals surface area contributed by atoms with Crippen LogP contribution in [0.25, 0.3) is 5.69 Å². The Morgan fingerprint density at radius 3 is 2.50 bits per heavy atom. The predicted octanol–water partition coefficient (Wildman–Crippen LogP) is 2.04. The van der Waals surface area contributed by atoms with Gasteiger partial charge in [0.1, 0.15) is 11.6 Å². The van der Waals surface area contributed by atoms with E-state index in [-0.39, 0.29) is 36.2 Å². The molecule has 2 aliphatic rings. The van der Waals surface area contributed by atoms with E-state index in [1.807, 2.05) is 4.90 Å². The Balaban J connectivity index is 1.53. The predicted molar refractivity (Wildman–Crippen MR) is 116 cm³/mol. The van der Waals surface area contributed by atoms with Crippen molar-refractivity contribution in [1.82, 2.24) is 30.3 Å². The van der Waals surface area contributed by atoms with E-state index in [0.717, 1.165) is 38.8 Å². The van der Waals surface area contributed by atoms with E-state index in [9.17, 15) is 18.8 Å². The van der Waals surface area contributed by atoms with Gasteiger partial charge < -0.3 is 10.2 Å². The zero-order valence-electron chi connectivity index (χ0n) is 17.6. The Bertz CT molecular complexity index is 972. The van der Waals surface area contributed by atoms with Gasteiger partial charge in [-0.25, -0.2) is 9.18 Å². The van der Waals surface area contributed by atoms with Crippen LogP contribution in [-0.2, 0) is 16.0 Å². The molecule has 2 aromatic rings. The zero-order chi connectivity index (χ0) is 22.5. The topological polar surface area (TPSA) is 109 Å². The third-order valence-electron chi connectivity index (χ3n) is 5.52. The van der Waals surface area contributed by atoms with Crippen LogP contribution in [-0.4, -0.2) is 62.4 Å². The molecule has 3 heterocycles. The summed E-state index contributed by atoms with van der Waals surface area (Å²) in [5.41, 5.74) is 0.641. The van der Waals surface area contributed by atoms with Crippen LogP contribution in [0.5, 0.6) is 0 Å². The number of imide groups is 1. The second kappa shape index (κ2) is 10.1. The van der Waals surface area contributed by atoms with Gasteiger partial charge in [-0.05, 0) is 37.1 Å². The second-order valence-corrected chi connectivity index (χ2v) is 8.86. The molecule has 32 heavy (non-hydrogen) atoms. The minimum atomic E-state index is -0.545. The molecule has 4 rings (SSSR count). The fourth-order valence-corrected chi connectivity index (χ4v) is 4.80. The van der Waals surface area contributed by atoms with Gasteiger partial charge in [0.15, 0.2) is 5.16 Å². The van der Waals surface area contributed by atoms with E-state index < -0.39 is 12.1 Å². The van der Waals surface area contributed by atoms with Gasteiger partial charge in [0.05, 0.1) is 5.75 Å². The van der Waals surface area contributed by atoms with Crippen molar-refractivity contribution in [3.8, 4) is 5.69 Å². The summed E-state index contributed by atoms with van der Waals surface area (Å²) < 4.78 is 15.2. The van der Waals surface area contributed by atoms with Crippen LogP contribution >= 0.6 is 11.8 Å². The van der Waals surface area contributed by atoms with Crippen LogP contribution in [0.4, 0.5) is 9.18 Å². The van der Waals surface area contributed by atoms with Crippen molar-refractivity contribution >= 4 is 29.6 Å². The molecule has 0 spiro atoms. The number of hydrogen-bond donors (Lipinski definition) is 2. The maximum Gasteiger partial charge on any atom is 0.321 e. The van der Waals surface area contributed by atoms with Crippen molar-refractivity contribution in [2.24, 2.45) is 0 Å². The third kappa shape index (κ3) is 5.45. The fourth-order valence-electron chi connectivity index (χ4n) is 3.93. The van der Waals surface area contributed by atoms with E-state index in [1.165, 1.54) is 23.9 Å². The molecule has 2 saturated heterocycles. The summed E-state index contributed by atoms with van der Waals surface area (Å²) in [4.78, 5) is 38.0. The summed E-state index contributed by atoms with van der Waals surface area (Å²) in [5.74, 6) is 0.0704. The molecule has 0 saturated carbocycles. The van der Waals surface area contributed by atoms with E-state index in [1.54, 1.807) is 16.7 Å². The number of halogens is 1. The summed E-state index contributed by atoms with van der Waals surface area (Å²) >= 11 is 1.28. The van der Waals surface area contributed by atoms with Gasteiger partial charge >= 0.3 is 6.03 Å². The summed E-state index contributed by atoms with van der Waals surface area (Å²) in [7, 11) is 0. The number of nitrogens with one attached hydrogen (secondary N) is 2. The summed E-state index contributed by atoms with van der Waals surface area (Å²) in [5, 5.41) is 13.9. The third-order valence-corrected chi connectivity index (χ3v) is 6.43. The Morgan fingerprint density at radius 2 is 1.81 bits per heavy atom. The van der Waals surface area contributed by atoms with E-state index in [0.29, 0.717) is 16.7 Å². The number of urea groups is 1. The second-order valence-electron chi connectivity index (χ2n) is 7.92. The van der Waals surface area contributed by atoms with Crippen molar-refractivity contribution < 1.29 is 18.8 Å². The van der Waals surface area contributed by atoms with Crippen LogP contribution in [0.15, 0.2) is 29.4 Å². The molecule has 4 amide bonds. The lowest BCUT2D eigenvalue weighted by molar-refractivity contribution is -0.128. The normalized spacial score (nSPS) is 19.3. The number of carbonyl (C=O) groups excluding carboxylic acids is 3. The number of likely N-dealkylation sites (tertiary alicyclic amines) is 1. The fraction of sp³-hybridized carbons (Fsp3) is 0.476. The zero-order valence-corrected chi connectivity index (χ0v) is 18.4. The summed E-state index contributed by atoms with van der Waals surface area (Å²) in [6.45, 7) is 1.55. The molecule has 1 aromatic carbocycles. The first kappa shape index (κ1) is 22.3. The molecule has 0 bridgehead atoms. The highest BCUT2D eigenvalue weighted by Crippen LogP contribution is 2.24. The highest BCUT2D eigenvalue weighted by atomic mass is 32.2. The van der Waals surface area contributed by atoms with Crippen molar-refractivity contribution in [3.63, 3.8) is 0 Å². The molecule has 0 aliphatic carbocycles. The smallest absolute Gasteiger partial charge is 0.321 e. The Kier molecular flexibility index (Phi) is 7.03. The lowest BCUT2D eigenvalue weighted by Crippen LogP contribution is -2.53. The van der Waals surface area contributed by atoms with Crippen LogP contribution in [0, 0.1) is 5.82 Å². The van der Waals surface area contributed by atoms with Gasteiger partial charge in [-0.1, -0.05) is 24.6 Å². The molecule has 2 aliphatic heterocycles. The minimum Gasteiger partial charge on any atom is -0.342 e. The SMILES string of the molecule is O=C1CC(Cc2nnc(SCC(=O)N3CCCCCC3)n2-c2ccc(F)cc2)NC(=O)N1. The number of amides is 4. The standard InChI is InChI=1S/C21H25FN6O3S/c22-14-5-7-16(8-6-14)28-17(11-15-12-18(29)24-20(31)23-15)25-26-21(28)32-13-19(30)27-9-3-1-2-4-10-27/h5-8,15H,1-4,9-13H2,(H2,23,24,29,31). The van der Waals surface area contributed by atoms with Crippen molar-refractivity contribution in [2.45, 2.75) is 49.7 Å². The first-order chi connectivity index (χ1) is 15.5. The van der Waals surface area contributed by atoms with Gasteiger partial charge in [-0.15, -0.1) is 10.2 Å². The van der Waals surface area contributed by atoms with Gasteiger partial charge in [-0.2, -0.15) is 0 Å². The number of aromatic nitrogens is 3. The van der Waals surface area contributed by atoms with Gasteiger partial charge in [0, 0.05) is 37.7 Å². The van der Waals surface area contributed by atoms with Crippen LogP contribution in [0.1, 0.15) is 37.9 Å². The van der Waals surface area contributed by atoms with Crippen molar-refractivity contribution in [1.29, 1.82) is 0 Å². The number of hydrogen-bond acceptors (Lipinski definition) is 6. The number of carbonyl (C=O) groups is 3. The largest absolute Gasteiger partial charge is 0.342 e. The number of benzene rings is 1. The first-order valence-corrected chi connectivity index (χ1v) is 11.7. The highest BCUT2D eigenvalue weighted by Gasteiger charge is 2.27. The van der Waals surface area contributed by atoms with E-state index >= 15 is 0 Å². The van der Waals surface area contributed by atoms with Crippen LogP contribution < -0.4 is 10.6 Å². The Labute approximate surface area is 189 Å². The molecule has 170 valence electrons. The number of rotatable bonds is 6. The molecule has 0 radical (unpaired) electrons. The average Bonchev–Trinajstić information content (AvgIpc) is 2.96. The summed E-state index contributed by atoms with van der Waals surface area (Å²) in [6, 6.07) is 4.91. The molecule has 11 heteroatoms. The lowest BCUT2D eigenvalue weighted by atomic mass is 10.1. The molecule has 1 unspecified atom stereocenters. The molecule has 2 fully saturated rings. The Hall–Kier alpha value is -2.95. The van der Waals surface area contributed by atoms with Crippen LogP contribution in [0.2, 0.25) is 0 Å². The quantitative estimate of drug-likeness (QED) is 0.639. The molecule has 1 aromatic heterocycles. The lowest BCUT2D eigenvalue weighted by Gasteiger charge is -2.23. The maximum absolute atomic E-state index is 13.5. The van der Waals surface area contributed by atoms with E-state index in [4.69, 9.17) is 0 Å². The van der Waals surface area contributed by atoms with Crippen LogP contribution in [0.3, 0.4) is 0 Å². The number of nitrogens with zero attached hydrogens (tertiary/aromatic N) is 4.